The van der Waals surface area contributed by atoms with E-state index in [1.807, 2.05) is 31.2 Å². The fourth-order valence-electron chi connectivity index (χ4n) is 3.88. The standard InChI is InChI=1S/C26H27F3N4O5/c1-16-8-10-17(11-9-16)15-33-20-21(31(4)24(35)32(22(20)34)13-12-25(2,3)36)30-23(33)37-18-6-5-7-19(14-18)38-26(27,28)29/h5-11,14,36H,12-13,15H2,1-4H3. The lowest BCUT2D eigenvalue weighted by molar-refractivity contribution is -0.274. The maximum absolute atomic E-state index is 13.6. The smallest absolute Gasteiger partial charge is 0.425 e. The number of halogens is 3. The van der Waals surface area contributed by atoms with E-state index in [-0.39, 0.29) is 42.4 Å². The summed E-state index contributed by atoms with van der Waals surface area (Å²) in [4.78, 5) is 30.9. The van der Waals surface area contributed by atoms with Gasteiger partial charge in [-0.2, -0.15) is 4.98 Å². The average Bonchev–Trinajstić information content (AvgIpc) is 3.15. The van der Waals surface area contributed by atoms with Crippen molar-refractivity contribution in [3.63, 3.8) is 0 Å². The molecule has 12 heteroatoms. The fraction of sp³-hybridized carbons (Fsp3) is 0.346. The molecule has 4 aromatic rings. The van der Waals surface area contributed by atoms with Crippen molar-refractivity contribution < 1.29 is 27.8 Å². The lowest BCUT2D eigenvalue weighted by Crippen LogP contribution is -2.41. The molecule has 1 N–H and O–H groups in total. The van der Waals surface area contributed by atoms with Gasteiger partial charge in [-0.3, -0.25) is 18.5 Å². The van der Waals surface area contributed by atoms with E-state index in [1.165, 1.54) is 28.3 Å². The van der Waals surface area contributed by atoms with Crippen LogP contribution in [0, 0.1) is 6.92 Å². The topological polar surface area (TPSA) is 101 Å². The predicted octanol–water partition coefficient (Wildman–Crippen LogP) is 4.11. The molecule has 0 saturated carbocycles. The van der Waals surface area contributed by atoms with Gasteiger partial charge in [0.15, 0.2) is 11.2 Å². The van der Waals surface area contributed by atoms with Crippen LogP contribution in [0.3, 0.4) is 0 Å². The Hall–Kier alpha value is -4.06. The van der Waals surface area contributed by atoms with Crippen LogP contribution >= 0.6 is 0 Å². The molecule has 202 valence electrons. The number of rotatable bonds is 8. The van der Waals surface area contributed by atoms with E-state index in [0.717, 1.165) is 27.8 Å². The molecule has 0 fully saturated rings. The third kappa shape index (κ3) is 6.08. The van der Waals surface area contributed by atoms with Gasteiger partial charge in [-0.25, -0.2) is 4.79 Å². The number of aliphatic hydroxyl groups is 1. The van der Waals surface area contributed by atoms with Crippen molar-refractivity contribution in [1.82, 2.24) is 18.7 Å². The largest absolute Gasteiger partial charge is 0.573 e. The minimum atomic E-state index is -4.89. The van der Waals surface area contributed by atoms with Crippen molar-refractivity contribution >= 4 is 11.2 Å². The van der Waals surface area contributed by atoms with Crippen LogP contribution in [0.5, 0.6) is 17.5 Å². The van der Waals surface area contributed by atoms with Gasteiger partial charge in [-0.15, -0.1) is 13.2 Å². The minimum Gasteiger partial charge on any atom is -0.425 e. The van der Waals surface area contributed by atoms with Gasteiger partial charge in [0.25, 0.3) is 5.56 Å². The van der Waals surface area contributed by atoms with Crippen molar-refractivity contribution in [2.45, 2.75) is 52.2 Å². The molecule has 0 amide bonds. The third-order valence-electron chi connectivity index (χ3n) is 5.85. The van der Waals surface area contributed by atoms with Gasteiger partial charge in [0.2, 0.25) is 0 Å². The van der Waals surface area contributed by atoms with Gasteiger partial charge in [-0.1, -0.05) is 35.9 Å². The summed E-state index contributed by atoms with van der Waals surface area (Å²) in [5.74, 6) is -0.503. The molecule has 0 saturated heterocycles. The normalized spacial score (nSPS) is 12.2. The molecule has 4 rings (SSSR count). The number of nitrogens with zero attached hydrogens (tertiary/aromatic N) is 4. The second kappa shape index (κ2) is 10.0. The molecule has 0 spiro atoms. The summed E-state index contributed by atoms with van der Waals surface area (Å²) < 4.78 is 51.6. The van der Waals surface area contributed by atoms with Crippen LogP contribution in [-0.4, -0.2) is 35.8 Å². The quantitative estimate of drug-likeness (QED) is 0.367. The lowest BCUT2D eigenvalue weighted by Gasteiger charge is -2.17. The number of hydrogen-bond donors (Lipinski definition) is 1. The fourth-order valence-corrected chi connectivity index (χ4v) is 3.88. The highest BCUT2D eigenvalue weighted by atomic mass is 19.4. The van der Waals surface area contributed by atoms with Crippen LogP contribution in [0.4, 0.5) is 13.2 Å². The Balaban J connectivity index is 1.87. The molecule has 0 radical (unpaired) electrons. The van der Waals surface area contributed by atoms with E-state index >= 15 is 0 Å². The van der Waals surface area contributed by atoms with Crippen molar-refractivity contribution in [2.24, 2.45) is 7.05 Å². The van der Waals surface area contributed by atoms with Gasteiger partial charge in [-0.05, 0) is 44.9 Å². The second-order valence-electron chi connectivity index (χ2n) is 9.62. The Kier molecular flexibility index (Phi) is 7.11. The summed E-state index contributed by atoms with van der Waals surface area (Å²) in [6, 6.07) is 12.3. The first-order chi connectivity index (χ1) is 17.7. The summed E-state index contributed by atoms with van der Waals surface area (Å²) in [5, 5.41) is 10.1. The number of imidazole rings is 1. The van der Waals surface area contributed by atoms with Crippen molar-refractivity contribution in [3.05, 3.63) is 80.5 Å². The lowest BCUT2D eigenvalue weighted by atomic mass is 10.1. The third-order valence-corrected chi connectivity index (χ3v) is 5.85. The zero-order valence-electron chi connectivity index (χ0n) is 21.2. The molecule has 0 aliphatic carbocycles. The minimum absolute atomic E-state index is 0.0143. The molecule has 38 heavy (non-hydrogen) atoms. The van der Waals surface area contributed by atoms with Crippen LogP contribution < -0.4 is 20.7 Å². The summed E-state index contributed by atoms with van der Waals surface area (Å²) in [6.07, 6.45) is -4.74. The van der Waals surface area contributed by atoms with Gasteiger partial charge in [0.05, 0.1) is 12.1 Å². The van der Waals surface area contributed by atoms with E-state index in [0.29, 0.717) is 0 Å². The Morgan fingerprint density at radius 1 is 1.00 bits per heavy atom. The molecule has 2 aromatic carbocycles. The average molecular weight is 533 g/mol. The van der Waals surface area contributed by atoms with Crippen molar-refractivity contribution in [3.8, 4) is 17.5 Å². The Bertz CT molecular complexity index is 1580. The van der Waals surface area contributed by atoms with E-state index in [9.17, 15) is 27.9 Å². The number of hydrogen-bond acceptors (Lipinski definition) is 6. The molecule has 2 aromatic heterocycles. The first kappa shape index (κ1) is 27.0. The summed E-state index contributed by atoms with van der Waals surface area (Å²) in [7, 11) is 1.45. The highest BCUT2D eigenvalue weighted by Crippen LogP contribution is 2.30. The van der Waals surface area contributed by atoms with Gasteiger partial charge >= 0.3 is 18.1 Å². The molecule has 0 aliphatic heterocycles. The summed E-state index contributed by atoms with van der Waals surface area (Å²) >= 11 is 0. The van der Waals surface area contributed by atoms with E-state index in [2.05, 4.69) is 9.72 Å². The molecular formula is C26H27F3N4O5. The number of aryl methyl sites for hydroxylation is 2. The molecule has 0 aliphatic rings. The number of benzene rings is 2. The van der Waals surface area contributed by atoms with Crippen LogP contribution in [0.25, 0.3) is 11.2 Å². The second-order valence-corrected chi connectivity index (χ2v) is 9.62. The monoisotopic (exact) mass is 532 g/mol. The zero-order chi connectivity index (χ0) is 27.8. The van der Waals surface area contributed by atoms with Gasteiger partial charge in [0.1, 0.15) is 11.5 Å². The Morgan fingerprint density at radius 2 is 1.66 bits per heavy atom. The van der Waals surface area contributed by atoms with Gasteiger partial charge in [0, 0.05) is 19.7 Å². The molecule has 0 bridgehead atoms. The highest BCUT2D eigenvalue weighted by molar-refractivity contribution is 5.72. The number of alkyl halides is 3. The van der Waals surface area contributed by atoms with Crippen LogP contribution in [-0.2, 0) is 20.1 Å². The maximum atomic E-state index is 13.6. The Labute approximate surface area is 215 Å². The van der Waals surface area contributed by atoms with Crippen LogP contribution in [0.1, 0.15) is 31.4 Å². The van der Waals surface area contributed by atoms with Crippen LogP contribution in [0.15, 0.2) is 58.1 Å². The first-order valence-electron chi connectivity index (χ1n) is 11.7. The molecule has 0 unspecified atom stereocenters. The summed E-state index contributed by atoms with van der Waals surface area (Å²) in [5.41, 5.74) is -0.427. The number of ether oxygens (including phenoxy) is 2. The van der Waals surface area contributed by atoms with Gasteiger partial charge < -0.3 is 14.6 Å². The highest BCUT2D eigenvalue weighted by Gasteiger charge is 2.31. The van der Waals surface area contributed by atoms with E-state index in [4.69, 9.17) is 4.74 Å². The van der Waals surface area contributed by atoms with E-state index < -0.39 is 29.0 Å². The van der Waals surface area contributed by atoms with Crippen molar-refractivity contribution in [2.75, 3.05) is 0 Å². The number of fused-ring (bicyclic) bond motifs is 1. The Morgan fingerprint density at radius 3 is 2.29 bits per heavy atom. The number of aromatic nitrogens is 4. The van der Waals surface area contributed by atoms with Crippen LogP contribution in [0.2, 0.25) is 0 Å². The first-order valence-corrected chi connectivity index (χ1v) is 11.7. The van der Waals surface area contributed by atoms with Crippen molar-refractivity contribution in [1.29, 1.82) is 0 Å². The SMILES string of the molecule is Cc1ccc(Cn2c(Oc3cccc(OC(F)(F)F)c3)nc3c2c(=O)n(CCC(C)(C)O)c(=O)n3C)cc1. The maximum Gasteiger partial charge on any atom is 0.573 e. The predicted molar refractivity (Wildman–Crippen MR) is 134 cm³/mol. The molecular weight excluding hydrogens is 505 g/mol. The molecule has 9 nitrogen and oxygen atoms in total. The zero-order valence-corrected chi connectivity index (χ0v) is 21.2. The summed E-state index contributed by atoms with van der Waals surface area (Å²) in [6.45, 7) is 5.17. The van der Waals surface area contributed by atoms with E-state index in [1.54, 1.807) is 13.8 Å². The molecule has 2 heterocycles. The molecule has 0 atom stereocenters.